The second-order valence-corrected chi connectivity index (χ2v) is 6.58. The highest BCUT2D eigenvalue weighted by molar-refractivity contribution is 7.99. The first-order valence-corrected chi connectivity index (χ1v) is 8.11. The van der Waals surface area contributed by atoms with Gasteiger partial charge in [-0.05, 0) is 38.8 Å². The minimum absolute atomic E-state index is 0.476. The van der Waals surface area contributed by atoms with Crippen molar-refractivity contribution >= 4 is 11.8 Å². The first kappa shape index (κ1) is 12.5. The summed E-state index contributed by atoms with van der Waals surface area (Å²) in [6.45, 7) is 2.14. The second-order valence-electron chi connectivity index (χ2n) is 5.29. The molecule has 0 atom stereocenters. The van der Waals surface area contributed by atoms with E-state index in [9.17, 15) is 0 Å². The molecule has 0 unspecified atom stereocenters. The van der Waals surface area contributed by atoms with Crippen molar-refractivity contribution in [3.63, 3.8) is 0 Å². The fourth-order valence-electron chi connectivity index (χ4n) is 2.81. The molecule has 1 aliphatic carbocycles. The summed E-state index contributed by atoms with van der Waals surface area (Å²) >= 11 is 2.00. The summed E-state index contributed by atoms with van der Waals surface area (Å²) in [5.41, 5.74) is 0. The minimum atomic E-state index is 0.476. The van der Waals surface area contributed by atoms with Crippen molar-refractivity contribution in [1.29, 1.82) is 0 Å². The average Bonchev–Trinajstić information content (AvgIpc) is 3.09. The summed E-state index contributed by atoms with van der Waals surface area (Å²) in [4.78, 5) is 4.57. The molecule has 1 aliphatic heterocycles. The van der Waals surface area contributed by atoms with Gasteiger partial charge in [0.15, 0.2) is 5.82 Å². The van der Waals surface area contributed by atoms with Crippen LogP contribution in [0.4, 0.5) is 0 Å². The fraction of sp³-hybridized carbons (Fsp3) is 0.846. The number of nitrogens with one attached hydrogen (secondary N) is 1. The SMILES string of the molecule is C1CCC(SCc2noc(C3CCNCC3)n2)C1. The first-order chi connectivity index (χ1) is 8.92. The lowest BCUT2D eigenvalue weighted by atomic mass is 9.98. The molecule has 4 nitrogen and oxygen atoms in total. The van der Waals surface area contributed by atoms with E-state index in [-0.39, 0.29) is 0 Å². The number of rotatable bonds is 4. The van der Waals surface area contributed by atoms with Crippen molar-refractivity contribution in [2.45, 2.75) is 55.4 Å². The number of thioether (sulfide) groups is 1. The van der Waals surface area contributed by atoms with Crippen molar-refractivity contribution in [2.75, 3.05) is 13.1 Å². The summed E-state index contributed by atoms with van der Waals surface area (Å²) in [6.07, 6.45) is 7.76. The molecule has 1 aromatic heterocycles. The number of piperidine rings is 1. The quantitative estimate of drug-likeness (QED) is 0.909. The Bertz CT molecular complexity index is 370. The van der Waals surface area contributed by atoms with Gasteiger partial charge in [-0.3, -0.25) is 0 Å². The summed E-state index contributed by atoms with van der Waals surface area (Å²) in [6, 6.07) is 0. The Morgan fingerprint density at radius 1 is 1.17 bits per heavy atom. The molecule has 18 heavy (non-hydrogen) atoms. The molecule has 1 saturated carbocycles. The predicted molar refractivity (Wildman–Crippen MR) is 72.7 cm³/mol. The van der Waals surface area contributed by atoms with Gasteiger partial charge in [-0.15, -0.1) is 0 Å². The maximum Gasteiger partial charge on any atom is 0.229 e. The molecule has 0 aromatic carbocycles. The Balaban J connectivity index is 1.52. The Morgan fingerprint density at radius 2 is 1.94 bits per heavy atom. The van der Waals surface area contributed by atoms with Gasteiger partial charge in [-0.2, -0.15) is 16.7 Å². The molecule has 2 aliphatic rings. The van der Waals surface area contributed by atoms with Crippen LogP contribution in [0.5, 0.6) is 0 Å². The van der Waals surface area contributed by atoms with Gasteiger partial charge >= 0.3 is 0 Å². The highest BCUT2D eigenvalue weighted by Gasteiger charge is 2.22. The number of aromatic nitrogens is 2. The lowest BCUT2D eigenvalue weighted by Gasteiger charge is -2.18. The third kappa shape index (κ3) is 3.06. The number of hydrogen-bond acceptors (Lipinski definition) is 5. The standard InChI is InChI=1S/C13H21N3OS/c1-2-4-11(3-1)18-9-12-15-13(17-16-12)10-5-7-14-8-6-10/h10-11,14H,1-9H2. The first-order valence-electron chi connectivity index (χ1n) is 7.06. The maximum absolute atomic E-state index is 5.42. The van der Waals surface area contributed by atoms with Gasteiger partial charge in [0.25, 0.3) is 0 Å². The largest absolute Gasteiger partial charge is 0.339 e. The molecule has 0 spiro atoms. The lowest BCUT2D eigenvalue weighted by molar-refractivity contribution is 0.318. The molecule has 5 heteroatoms. The van der Waals surface area contributed by atoms with Gasteiger partial charge < -0.3 is 9.84 Å². The van der Waals surface area contributed by atoms with E-state index >= 15 is 0 Å². The van der Waals surface area contributed by atoms with Crippen LogP contribution < -0.4 is 5.32 Å². The van der Waals surface area contributed by atoms with E-state index in [0.29, 0.717) is 5.92 Å². The van der Waals surface area contributed by atoms with Crippen LogP contribution >= 0.6 is 11.8 Å². The topological polar surface area (TPSA) is 51.0 Å². The van der Waals surface area contributed by atoms with E-state index in [0.717, 1.165) is 48.6 Å². The predicted octanol–water partition coefficient (Wildman–Crippen LogP) is 2.71. The smallest absolute Gasteiger partial charge is 0.229 e. The van der Waals surface area contributed by atoms with Crippen molar-refractivity contribution in [2.24, 2.45) is 0 Å². The average molecular weight is 267 g/mol. The monoisotopic (exact) mass is 267 g/mol. The Hall–Kier alpha value is -0.550. The van der Waals surface area contributed by atoms with E-state index in [1.165, 1.54) is 25.7 Å². The van der Waals surface area contributed by atoms with Gasteiger partial charge in [-0.25, -0.2) is 0 Å². The molecule has 3 rings (SSSR count). The van der Waals surface area contributed by atoms with Crippen LogP contribution in [0.2, 0.25) is 0 Å². The summed E-state index contributed by atoms with van der Waals surface area (Å²) in [5, 5.41) is 8.31. The molecular formula is C13H21N3OS. The fourth-order valence-corrected chi connectivity index (χ4v) is 3.98. The zero-order chi connectivity index (χ0) is 12.2. The van der Waals surface area contributed by atoms with E-state index < -0.39 is 0 Å². The van der Waals surface area contributed by atoms with Crippen LogP contribution in [-0.4, -0.2) is 28.5 Å². The molecule has 0 bridgehead atoms. The Morgan fingerprint density at radius 3 is 2.72 bits per heavy atom. The third-order valence-corrected chi connectivity index (χ3v) is 5.29. The number of nitrogens with zero attached hydrogens (tertiary/aromatic N) is 2. The molecule has 1 N–H and O–H groups in total. The summed E-state index contributed by atoms with van der Waals surface area (Å²) in [7, 11) is 0. The molecule has 0 amide bonds. The lowest BCUT2D eigenvalue weighted by Crippen LogP contribution is -2.26. The van der Waals surface area contributed by atoms with Crippen molar-refractivity contribution in [3.05, 3.63) is 11.7 Å². The van der Waals surface area contributed by atoms with Crippen LogP contribution in [-0.2, 0) is 5.75 Å². The van der Waals surface area contributed by atoms with Crippen LogP contribution in [0.25, 0.3) is 0 Å². The highest BCUT2D eigenvalue weighted by Crippen LogP contribution is 2.31. The van der Waals surface area contributed by atoms with Gasteiger partial charge in [0, 0.05) is 11.2 Å². The summed E-state index contributed by atoms with van der Waals surface area (Å²) in [5.74, 6) is 3.14. The van der Waals surface area contributed by atoms with Gasteiger partial charge in [-0.1, -0.05) is 18.0 Å². The van der Waals surface area contributed by atoms with Gasteiger partial charge in [0.05, 0.1) is 5.75 Å². The van der Waals surface area contributed by atoms with Crippen LogP contribution in [0.1, 0.15) is 56.2 Å². The van der Waals surface area contributed by atoms with E-state index in [4.69, 9.17) is 4.52 Å². The van der Waals surface area contributed by atoms with E-state index in [1.54, 1.807) is 0 Å². The molecule has 0 radical (unpaired) electrons. The van der Waals surface area contributed by atoms with Crippen molar-refractivity contribution in [3.8, 4) is 0 Å². The molecule has 100 valence electrons. The van der Waals surface area contributed by atoms with Crippen LogP contribution in [0, 0.1) is 0 Å². The Kier molecular flexibility index (Phi) is 4.20. The van der Waals surface area contributed by atoms with Gasteiger partial charge in [0.2, 0.25) is 5.89 Å². The number of hydrogen-bond donors (Lipinski definition) is 1. The van der Waals surface area contributed by atoms with Crippen molar-refractivity contribution in [1.82, 2.24) is 15.5 Å². The third-order valence-electron chi connectivity index (χ3n) is 3.92. The molecule has 1 aromatic rings. The summed E-state index contributed by atoms with van der Waals surface area (Å²) < 4.78 is 5.42. The zero-order valence-electron chi connectivity index (χ0n) is 10.7. The minimum Gasteiger partial charge on any atom is -0.339 e. The van der Waals surface area contributed by atoms with Crippen molar-refractivity contribution < 1.29 is 4.52 Å². The van der Waals surface area contributed by atoms with Crippen LogP contribution in [0.3, 0.4) is 0 Å². The van der Waals surface area contributed by atoms with Gasteiger partial charge in [0.1, 0.15) is 0 Å². The maximum atomic E-state index is 5.42. The molecule has 2 fully saturated rings. The Labute approximate surface area is 112 Å². The zero-order valence-corrected chi connectivity index (χ0v) is 11.5. The molecule has 1 saturated heterocycles. The second kappa shape index (κ2) is 6.06. The molecular weight excluding hydrogens is 246 g/mol. The normalized spacial score (nSPS) is 22.7. The highest BCUT2D eigenvalue weighted by atomic mass is 32.2. The van der Waals surface area contributed by atoms with E-state index in [1.807, 2.05) is 11.8 Å². The molecule has 2 heterocycles. The van der Waals surface area contributed by atoms with Crippen LogP contribution in [0.15, 0.2) is 4.52 Å². The van der Waals surface area contributed by atoms with E-state index in [2.05, 4.69) is 15.5 Å².